The van der Waals surface area contributed by atoms with E-state index in [1.54, 1.807) is 11.3 Å². The zero-order valence-corrected chi connectivity index (χ0v) is 16.0. The van der Waals surface area contributed by atoms with E-state index in [2.05, 4.69) is 18.3 Å². The van der Waals surface area contributed by atoms with Crippen molar-refractivity contribution in [2.45, 2.75) is 70.0 Å². The molecule has 0 radical (unpaired) electrons. The van der Waals surface area contributed by atoms with Gasteiger partial charge in [-0.25, -0.2) is 0 Å². The van der Waals surface area contributed by atoms with Gasteiger partial charge < -0.3 is 5.32 Å². The van der Waals surface area contributed by atoms with Crippen LogP contribution in [0.3, 0.4) is 0 Å². The first-order chi connectivity index (χ1) is 11.7. The van der Waals surface area contributed by atoms with Crippen molar-refractivity contribution in [2.24, 2.45) is 5.92 Å². The number of amides is 1. The molecule has 1 aromatic rings. The minimum Gasteiger partial charge on any atom is -0.317 e. The number of fused-ring (bicyclic) bond motifs is 1. The molecule has 1 fully saturated rings. The first-order valence-electron chi connectivity index (χ1n) is 9.13. The zero-order chi connectivity index (χ0) is 16.9. The van der Waals surface area contributed by atoms with Crippen molar-refractivity contribution in [1.82, 2.24) is 0 Å². The minimum atomic E-state index is 0.0569. The number of nitrogens with zero attached hydrogens (tertiary/aromatic N) is 1. The van der Waals surface area contributed by atoms with E-state index in [1.807, 2.05) is 11.8 Å². The normalized spacial score (nSPS) is 21.1. The predicted octanol–water partition coefficient (Wildman–Crippen LogP) is 5.14. The van der Waals surface area contributed by atoms with Crippen LogP contribution in [0, 0.1) is 17.2 Å². The maximum atomic E-state index is 12.3. The Kier molecular flexibility index (Phi) is 6.24. The van der Waals surface area contributed by atoms with Gasteiger partial charge in [0.1, 0.15) is 11.1 Å². The molecule has 0 bridgehead atoms. The van der Waals surface area contributed by atoms with Gasteiger partial charge in [-0.2, -0.15) is 17.0 Å². The van der Waals surface area contributed by atoms with E-state index < -0.39 is 0 Å². The largest absolute Gasteiger partial charge is 0.317 e. The number of thiophene rings is 1. The number of thioether (sulfide) groups is 1. The highest BCUT2D eigenvalue weighted by Gasteiger charge is 2.24. The molecule has 130 valence electrons. The van der Waals surface area contributed by atoms with Crippen LogP contribution in [0.2, 0.25) is 0 Å². The van der Waals surface area contributed by atoms with E-state index in [0.29, 0.717) is 12.3 Å². The number of hydrogen-bond acceptors (Lipinski definition) is 4. The quantitative estimate of drug-likeness (QED) is 0.789. The van der Waals surface area contributed by atoms with Gasteiger partial charge >= 0.3 is 0 Å². The summed E-state index contributed by atoms with van der Waals surface area (Å²) in [6, 6.07) is 2.32. The Balaban J connectivity index is 1.53. The van der Waals surface area contributed by atoms with E-state index in [0.717, 1.165) is 40.8 Å². The second-order valence-corrected chi connectivity index (χ2v) is 9.61. The van der Waals surface area contributed by atoms with Crippen LogP contribution in [0.25, 0.3) is 0 Å². The third-order valence-corrected chi connectivity index (χ3v) is 7.66. The molecule has 1 amide bonds. The van der Waals surface area contributed by atoms with Crippen LogP contribution < -0.4 is 5.32 Å². The number of hydrogen-bond donors (Lipinski definition) is 1. The highest BCUT2D eigenvalue weighted by molar-refractivity contribution is 7.99. The number of nitrogens with one attached hydrogen (secondary N) is 1. The number of anilines is 1. The molecule has 1 saturated carbocycles. The van der Waals surface area contributed by atoms with Gasteiger partial charge in [0.25, 0.3) is 0 Å². The van der Waals surface area contributed by atoms with Crippen LogP contribution in [-0.2, 0) is 17.6 Å². The summed E-state index contributed by atoms with van der Waals surface area (Å²) < 4.78 is 0. The number of rotatable bonds is 5. The second kappa shape index (κ2) is 8.40. The van der Waals surface area contributed by atoms with E-state index in [9.17, 15) is 10.1 Å². The van der Waals surface area contributed by atoms with Crippen LogP contribution >= 0.6 is 23.1 Å². The fourth-order valence-electron chi connectivity index (χ4n) is 3.70. The van der Waals surface area contributed by atoms with Crippen molar-refractivity contribution >= 4 is 34.0 Å². The number of carbonyl (C=O) groups excluding carboxylic acids is 1. The molecule has 0 spiro atoms. The van der Waals surface area contributed by atoms with Crippen LogP contribution in [0.5, 0.6) is 0 Å². The van der Waals surface area contributed by atoms with Gasteiger partial charge in [-0.05, 0) is 43.6 Å². The summed E-state index contributed by atoms with van der Waals surface area (Å²) in [5.74, 6) is 1.63. The molecule has 24 heavy (non-hydrogen) atoms. The van der Waals surface area contributed by atoms with Crippen molar-refractivity contribution in [2.75, 3.05) is 11.1 Å². The Labute approximate surface area is 153 Å². The van der Waals surface area contributed by atoms with Crippen molar-refractivity contribution in [1.29, 1.82) is 5.26 Å². The van der Waals surface area contributed by atoms with E-state index >= 15 is 0 Å². The fourth-order valence-corrected chi connectivity index (χ4v) is 6.38. The molecule has 1 aromatic heterocycles. The van der Waals surface area contributed by atoms with Gasteiger partial charge in [0.05, 0.1) is 5.56 Å². The van der Waals surface area contributed by atoms with Gasteiger partial charge in [0.2, 0.25) is 5.91 Å². The molecule has 1 heterocycles. The number of carbonyl (C=O) groups is 1. The van der Waals surface area contributed by atoms with Crippen molar-refractivity contribution in [3.63, 3.8) is 0 Å². The fraction of sp³-hybridized carbons (Fsp3) is 0.684. The molecule has 5 heteroatoms. The van der Waals surface area contributed by atoms with Gasteiger partial charge in [-0.1, -0.05) is 26.2 Å². The third-order valence-electron chi connectivity index (χ3n) is 5.11. The van der Waals surface area contributed by atoms with Crippen LogP contribution in [-0.4, -0.2) is 16.9 Å². The summed E-state index contributed by atoms with van der Waals surface area (Å²) in [6.45, 7) is 2.26. The van der Waals surface area contributed by atoms with Crippen LogP contribution in [0.15, 0.2) is 0 Å². The third kappa shape index (κ3) is 4.34. The molecule has 0 saturated heterocycles. The summed E-state index contributed by atoms with van der Waals surface area (Å²) in [4.78, 5) is 13.6. The summed E-state index contributed by atoms with van der Waals surface area (Å²) in [5.41, 5.74) is 1.91. The van der Waals surface area contributed by atoms with Crippen molar-refractivity contribution in [3.05, 3.63) is 16.0 Å². The molecule has 0 aromatic carbocycles. The maximum Gasteiger partial charge on any atom is 0.225 e. The van der Waals surface area contributed by atoms with E-state index in [1.165, 1.54) is 42.5 Å². The molecular formula is C19H26N2OS2. The number of nitriles is 1. The molecule has 0 aliphatic heterocycles. The molecule has 3 nitrogen and oxygen atoms in total. The topological polar surface area (TPSA) is 52.9 Å². The van der Waals surface area contributed by atoms with Crippen LogP contribution in [0.1, 0.15) is 67.9 Å². The molecule has 3 rings (SSSR count). The van der Waals surface area contributed by atoms with Crippen molar-refractivity contribution < 1.29 is 4.79 Å². The first kappa shape index (κ1) is 17.8. The standard InChI is InChI=1S/C19H26N2OS2/c1-13-7-8-15-16(12-20)19(24-17(15)11-13)21-18(22)9-10-23-14-5-3-2-4-6-14/h13-14H,2-11H2,1H3,(H,21,22). The van der Waals surface area contributed by atoms with Gasteiger partial charge in [0, 0.05) is 22.3 Å². The molecule has 2 aliphatic rings. The highest BCUT2D eigenvalue weighted by atomic mass is 32.2. The lowest BCUT2D eigenvalue weighted by Gasteiger charge is -2.20. The summed E-state index contributed by atoms with van der Waals surface area (Å²) >= 11 is 3.57. The summed E-state index contributed by atoms with van der Waals surface area (Å²) in [5, 5.41) is 14.0. The maximum absolute atomic E-state index is 12.3. The summed E-state index contributed by atoms with van der Waals surface area (Å²) in [7, 11) is 0. The minimum absolute atomic E-state index is 0.0569. The first-order valence-corrected chi connectivity index (χ1v) is 11.0. The highest BCUT2D eigenvalue weighted by Crippen LogP contribution is 2.39. The van der Waals surface area contributed by atoms with Crippen molar-refractivity contribution in [3.8, 4) is 6.07 Å². The van der Waals surface area contributed by atoms with Crippen LogP contribution in [0.4, 0.5) is 5.00 Å². The lowest BCUT2D eigenvalue weighted by Crippen LogP contribution is -2.14. The SMILES string of the molecule is CC1CCc2c(sc(NC(=O)CCSC3CCCCC3)c2C#N)C1. The molecule has 1 atom stereocenters. The van der Waals surface area contributed by atoms with Gasteiger partial charge in [-0.3, -0.25) is 4.79 Å². The Bertz CT molecular complexity index is 626. The second-order valence-electron chi connectivity index (χ2n) is 7.10. The molecular weight excluding hydrogens is 336 g/mol. The van der Waals surface area contributed by atoms with E-state index in [-0.39, 0.29) is 5.91 Å². The molecule has 1 unspecified atom stereocenters. The average molecular weight is 363 g/mol. The summed E-state index contributed by atoms with van der Waals surface area (Å²) in [6.07, 6.45) is 10.4. The Hall–Kier alpha value is -0.990. The monoisotopic (exact) mass is 362 g/mol. The lowest BCUT2D eigenvalue weighted by molar-refractivity contribution is -0.115. The predicted molar refractivity (Wildman–Crippen MR) is 103 cm³/mol. The van der Waals surface area contributed by atoms with E-state index in [4.69, 9.17) is 0 Å². The smallest absolute Gasteiger partial charge is 0.225 e. The Morgan fingerprint density at radius 2 is 2.12 bits per heavy atom. The Morgan fingerprint density at radius 3 is 2.88 bits per heavy atom. The Morgan fingerprint density at radius 1 is 1.33 bits per heavy atom. The molecule has 1 N–H and O–H groups in total. The average Bonchev–Trinajstić information content (AvgIpc) is 2.91. The molecule has 2 aliphatic carbocycles. The van der Waals surface area contributed by atoms with Gasteiger partial charge in [0.15, 0.2) is 0 Å². The van der Waals surface area contributed by atoms with Gasteiger partial charge in [-0.15, -0.1) is 11.3 Å². The zero-order valence-electron chi connectivity index (χ0n) is 14.4. The lowest BCUT2D eigenvalue weighted by atomic mass is 9.89.